The summed E-state index contributed by atoms with van der Waals surface area (Å²) in [6.07, 6.45) is 4.64. The summed E-state index contributed by atoms with van der Waals surface area (Å²) in [5.74, 6) is -0.188. The van der Waals surface area contributed by atoms with E-state index in [-0.39, 0.29) is 23.9 Å². The fourth-order valence-electron chi connectivity index (χ4n) is 3.72. The van der Waals surface area contributed by atoms with Gasteiger partial charge in [-0.1, -0.05) is 42.5 Å². The third kappa shape index (κ3) is 4.10. The first kappa shape index (κ1) is 20.0. The molecular weight excluding hydrogens is 408 g/mol. The highest BCUT2D eigenvalue weighted by atomic mass is 16.5. The molecule has 0 saturated carbocycles. The Balaban J connectivity index is 1.32. The van der Waals surface area contributed by atoms with Gasteiger partial charge in [-0.15, -0.1) is 0 Å². The lowest BCUT2D eigenvalue weighted by molar-refractivity contribution is 0.0505. The van der Waals surface area contributed by atoms with Crippen molar-refractivity contribution in [2.75, 3.05) is 18.4 Å². The Morgan fingerprint density at radius 2 is 1.91 bits per heavy atom. The van der Waals surface area contributed by atoms with Crippen LogP contribution in [0.3, 0.4) is 0 Å². The van der Waals surface area contributed by atoms with Crippen LogP contribution in [0, 0.1) is 0 Å². The van der Waals surface area contributed by atoms with Gasteiger partial charge >= 0.3 is 11.8 Å². The molecule has 0 spiro atoms. The number of rotatable bonds is 5. The van der Waals surface area contributed by atoms with Gasteiger partial charge in [0.25, 0.3) is 5.95 Å². The molecule has 0 bridgehead atoms. The van der Waals surface area contributed by atoms with Crippen molar-refractivity contribution in [3.05, 3.63) is 65.7 Å². The van der Waals surface area contributed by atoms with E-state index in [1.54, 1.807) is 4.90 Å². The van der Waals surface area contributed by atoms with Crippen LogP contribution in [-0.4, -0.2) is 55.4 Å². The maximum Gasteiger partial charge on any atom is 0.317 e. The molecule has 0 radical (unpaired) electrons. The second-order valence-corrected chi connectivity index (χ2v) is 7.65. The zero-order chi connectivity index (χ0) is 21.9. The number of carbonyl (C=O) groups is 1. The average Bonchev–Trinajstić information content (AvgIpc) is 3.46. The molecule has 0 unspecified atom stereocenters. The molecule has 4 aromatic rings. The fourth-order valence-corrected chi connectivity index (χ4v) is 3.72. The Morgan fingerprint density at radius 1 is 1.12 bits per heavy atom. The number of amides is 1. The lowest BCUT2D eigenvalue weighted by Crippen LogP contribution is -2.40. The van der Waals surface area contributed by atoms with Crippen molar-refractivity contribution < 1.29 is 14.4 Å². The van der Waals surface area contributed by atoms with E-state index < -0.39 is 0 Å². The summed E-state index contributed by atoms with van der Waals surface area (Å²) < 4.78 is 5.18. The molecule has 3 heterocycles. The number of aliphatic hydroxyl groups is 1. The van der Waals surface area contributed by atoms with Crippen molar-refractivity contribution in [3.8, 4) is 0 Å². The number of H-pyrrole nitrogens is 1. The molecule has 0 aliphatic carbocycles. The molecule has 2 aromatic carbocycles. The van der Waals surface area contributed by atoms with Gasteiger partial charge in [-0.2, -0.15) is 10.1 Å². The molecule has 9 nitrogen and oxygen atoms in total. The Hall–Kier alpha value is -3.98. The van der Waals surface area contributed by atoms with Crippen LogP contribution >= 0.6 is 0 Å². The average molecular weight is 430 g/mol. The highest BCUT2D eigenvalue weighted by Gasteiger charge is 2.26. The molecule has 1 fully saturated rings. The van der Waals surface area contributed by atoms with E-state index in [0.717, 1.165) is 27.8 Å². The van der Waals surface area contributed by atoms with Crippen LogP contribution in [0.5, 0.6) is 0 Å². The largest absolute Gasteiger partial charge is 0.393 e. The number of aromatic amines is 1. The van der Waals surface area contributed by atoms with Crippen LogP contribution < -0.4 is 5.32 Å². The quantitative estimate of drug-likeness (QED) is 0.443. The van der Waals surface area contributed by atoms with Crippen LogP contribution in [0.1, 0.15) is 34.8 Å². The molecule has 5 rings (SSSR count). The Bertz CT molecular complexity index is 1270. The van der Waals surface area contributed by atoms with Crippen LogP contribution in [-0.2, 0) is 0 Å². The van der Waals surface area contributed by atoms with E-state index in [2.05, 4.69) is 25.7 Å². The summed E-state index contributed by atoms with van der Waals surface area (Å²) in [5, 5.41) is 25.1. The highest BCUT2D eigenvalue weighted by Crippen LogP contribution is 2.23. The van der Waals surface area contributed by atoms with Crippen LogP contribution in [0.15, 0.2) is 53.1 Å². The van der Waals surface area contributed by atoms with E-state index in [9.17, 15) is 9.90 Å². The number of carbonyl (C=O) groups excluding carboxylic acids is 1. The minimum Gasteiger partial charge on any atom is -0.393 e. The number of likely N-dealkylation sites (tertiary alicyclic amines) is 1. The predicted octanol–water partition coefficient (Wildman–Crippen LogP) is 3.46. The van der Waals surface area contributed by atoms with Crippen LogP contribution in [0.2, 0.25) is 0 Å². The van der Waals surface area contributed by atoms with Crippen molar-refractivity contribution in [1.29, 1.82) is 0 Å². The van der Waals surface area contributed by atoms with Crippen molar-refractivity contribution >= 4 is 40.6 Å². The van der Waals surface area contributed by atoms with Gasteiger partial charge in [-0.25, -0.2) is 0 Å². The predicted molar refractivity (Wildman–Crippen MR) is 120 cm³/mol. The Kier molecular flexibility index (Phi) is 5.39. The molecule has 1 saturated heterocycles. The highest BCUT2D eigenvalue weighted by molar-refractivity contribution is 5.91. The summed E-state index contributed by atoms with van der Waals surface area (Å²) in [4.78, 5) is 18.4. The number of aliphatic hydroxyl groups excluding tert-OH is 1. The smallest absolute Gasteiger partial charge is 0.317 e. The molecule has 1 aliphatic rings. The third-order valence-corrected chi connectivity index (χ3v) is 5.49. The second kappa shape index (κ2) is 8.64. The molecule has 3 N–H and O–H groups in total. The summed E-state index contributed by atoms with van der Waals surface area (Å²) >= 11 is 0. The first-order valence-corrected chi connectivity index (χ1v) is 10.5. The number of hydrogen-bond donors (Lipinski definition) is 3. The molecule has 1 amide bonds. The minimum absolute atomic E-state index is 0.0695. The minimum atomic E-state index is -0.358. The number of nitrogens with zero attached hydrogens (tertiary/aromatic N) is 4. The van der Waals surface area contributed by atoms with Crippen molar-refractivity contribution in [2.45, 2.75) is 18.9 Å². The van der Waals surface area contributed by atoms with Crippen LogP contribution in [0.4, 0.5) is 11.6 Å². The maximum absolute atomic E-state index is 12.6. The number of piperidine rings is 1. The van der Waals surface area contributed by atoms with Crippen molar-refractivity contribution in [1.82, 2.24) is 25.2 Å². The zero-order valence-electron chi connectivity index (χ0n) is 17.2. The summed E-state index contributed by atoms with van der Waals surface area (Å²) in [6, 6.07) is 15.6. The zero-order valence-corrected chi connectivity index (χ0v) is 17.2. The van der Waals surface area contributed by atoms with Crippen molar-refractivity contribution in [3.63, 3.8) is 0 Å². The van der Waals surface area contributed by atoms with Gasteiger partial charge < -0.3 is 19.8 Å². The van der Waals surface area contributed by atoms with E-state index in [4.69, 9.17) is 4.52 Å². The molecule has 9 heteroatoms. The van der Waals surface area contributed by atoms with Crippen molar-refractivity contribution in [2.24, 2.45) is 0 Å². The van der Waals surface area contributed by atoms with Gasteiger partial charge in [0.2, 0.25) is 0 Å². The number of aromatic nitrogens is 4. The number of para-hydroxylation sites is 2. The number of hydrogen-bond acceptors (Lipinski definition) is 7. The molecule has 1 aliphatic heterocycles. The summed E-state index contributed by atoms with van der Waals surface area (Å²) in [7, 11) is 0. The van der Waals surface area contributed by atoms with Gasteiger partial charge in [0.05, 0.1) is 17.3 Å². The molecular formula is C23H22N6O3. The van der Waals surface area contributed by atoms with Gasteiger partial charge in [0.15, 0.2) is 0 Å². The Morgan fingerprint density at radius 3 is 2.78 bits per heavy atom. The summed E-state index contributed by atoms with van der Waals surface area (Å²) in [6.45, 7) is 0.946. The lowest BCUT2D eigenvalue weighted by atomic mass is 10.1. The monoisotopic (exact) mass is 430 g/mol. The number of fused-ring (bicyclic) bond motifs is 1. The molecule has 2 aromatic heterocycles. The maximum atomic E-state index is 12.6. The topological polar surface area (TPSA) is 120 Å². The van der Waals surface area contributed by atoms with E-state index in [1.807, 2.05) is 60.7 Å². The molecule has 0 atom stereocenters. The number of anilines is 2. The molecule has 32 heavy (non-hydrogen) atoms. The first-order valence-electron chi connectivity index (χ1n) is 10.5. The van der Waals surface area contributed by atoms with E-state index in [1.165, 1.54) is 0 Å². The SMILES string of the molecule is O=C(c1nc(Nc2ccccc2/C=C/c2n[nH]c3ccccc23)no1)N1CCC(O)CC1. The van der Waals surface area contributed by atoms with Gasteiger partial charge in [-0.05, 0) is 41.8 Å². The van der Waals surface area contributed by atoms with Gasteiger partial charge in [0, 0.05) is 24.2 Å². The number of benzene rings is 2. The van der Waals surface area contributed by atoms with Gasteiger partial charge in [0.1, 0.15) is 0 Å². The van der Waals surface area contributed by atoms with E-state index in [0.29, 0.717) is 25.9 Å². The second-order valence-electron chi connectivity index (χ2n) is 7.65. The normalized spacial score (nSPS) is 15.0. The summed E-state index contributed by atoms with van der Waals surface area (Å²) in [5.41, 5.74) is 3.49. The number of nitrogens with one attached hydrogen (secondary N) is 2. The lowest BCUT2D eigenvalue weighted by Gasteiger charge is -2.28. The van der Waals surface area contributed by atoms with Crippen LogP contribution in [0.25, 0.3) is 23.1 Å². The van der Waals surface area contributed by atoms with E-state index >= 15 is 0 Å². The third-order valence-electron chi connectivity index (χ3n) is 5.49. The molecule has 162 valence electrons. The Labute approximate surface area is 183 Å². The first-order chi connectivity index (χ1) is 15.7. The van der Waals surface area contributed by atoms with Gasteiger partial charge in [-0.3, -0.25) is 9.89 Å². The standard InChI is InChI=1S/C23H22N6O3/c30-16-11-13-29(14-12-16)22(31)21-25-23(28-32-21)24-18-7-3-1-5-15(18)9-10-20-17-6-2-4-8-19(17)26-27-20/h1-10,16,30H,11-14H2,(H,24,28)(H,26,27)/b10-9+. The fraction of sp³-hybridized carbons (Fsp3) is 0.217.